The largest absolute Gasteiger partial charge is 0.444 e. The first-order valence-electron chi connectivity index (χ1n) is 9.73. The summed E-state index contributed by atoms with van der Waals surface area (Å²) in [4.78, 5) is 24.2. The fourth-order valence-electron chi connectivity index (χ4n) is 3.75. The molecule has 0 bridgehead atoms. The normalized spacial score (nSPS) is 13.7. The van der Waals surface area contributed by atoms with E-state index in [4.69, 9.17) is 9.40 Å². The molecule has 0 unspecified atom stereocenters. The average Bonchev–Trinajstić information content (AvgIpc) is 3.47. The van der Waals surface area contributed by atoms with Crippen molar-refractivity contribution in [3.05, 3.63) is 72.8 Å². The Labute approximate surface area is 168 Å². The van der Waals surface area contributed by atoms with Crippen LogP contribution in [0, 0.1) is 0 Å². The number of carbonyl (C=O) groups excluding carboxylic acids is 1. The van der Waals surface area contributed by atoms with Crippen LogP contribution < -0.4 is 10.2 Å². The Morgan fingerprint density at radius 3 is 2.72 bits per heavy atom. The number of amides is 1. The van der Waals surface area contributed by atoms with Gasteiger partial charge >= 0.3 is 0 Å². The standard InChI is InChI=1S/C23H20N4O2/c28-23(25-18-8-5-7-17(12-18)21-14-24-15-29-21)19-13-16-6-1-2-9-20(16)26-22(19)27-10-3-4-11-27/h1-2,5-9,12-15H,3-4,10-11H2,(H,25,28). The third kappa shape index (κ3) is 3.45. The molecular formula is C23H20N4O2. The highest BCUT2D eigenvalue weighted by Gasteiger charge is 2.22. The number of carbonyl (C=O) groups is 1. The van der Waals surface area contributed by atoms with Crippen molar-refractivity contribution in [1.29, 1.82) is 0 Å². The fourth-order valence-corrected chi connectivity index (χ4v) is 3.75. The maximum Gasteiger partial charge on any atom is 0.259 e. The monoisotopic (exact) mass is 384 g/mol. The number of nitrogens with zero attached hydrogens (tertiary/aromatic N) is 3. The SMILES string of the molecule is O=C(Nc1cccc(-c2cnco2)c1)c1cc2ccccc2nc1N1CCCC1. The van der Waals surface area contributed by atoms with Crippen LogP contribution in [-0.4, -0.2) is 29.0 Å². The lowest BCUT2D eigenvalue weighted by molar-refractivity contribution is 0.102. The van der Waals surface area contributed by atoms with Crippen molar-refractivity contribution in [2.24, 2.45) is 0 Å². The van der Waals surface area contributed by atoms with Crippen molar-refractivity contribution in [1.82, 2.24) is 9.97 Å². The van der Waals surface area contributed by atoms with Gasteiger partial charge in [-0.1, -0.05) is 30.3 Å². The van der Waals surface area contributed by atoms with E-state index < -0.39 is 0 Å². The molecule has 2 aromatic heterocycles. The van der Waals surface area contributed by atoms with E-state index in [1.807, 2.05) is 54.6 Å². The summed E-state index contributed by atoms with van der Waals surface area (Å²) in [5.41, 5.74) is 3.05. The van der Waals surface area contributed by atoms with E-state index in [0.29, 0.717) is 17.0 Å². The van der Waals surface area contributed by atoms with Crippen LogP contribution in [0.15, 0.2) is 71.6 Å². The third-order valence-electron chi connectivity index (χ3n) is 5.19. The lowest BCUT2D eigenvalue weighted by Gasteiger charge is -2.20. The number of hydrogen-bond acceptors (Lipinski definition) is 5. The van der Waals surface area contributed by atoms with Gasteiger partial charge in [-0.05, 0) is 37.1 Å². The van der Waals surface area contributed by atoms with Gasteiger partial charge in [0.25, 0.3) is 5.91 Å². The highest BCUT2D eigenvalue weighted by Crippen LogP contribution is 2.28. The molecule has 1 fully saturated rings. The van der Waals surface area contributed by atoms with Gasteiger partial charge < -0.3 is 14.6 Å². The van der Waals surface area contributed by atoms with Gasteiger partial charge in [0.1, 0.15) is 5.82 Å². The van der Waals surface area contributed by atoms with Crippen LogP contribution in [-0.2, 0) is 0 Å². The molecule has 29 heavy (non-hydrogen) atoms. The molecular weight excluding hydrogens is 364 g/mol. The molecule has 1 N–H and O–H groups in total. The van der Waals surface area contributed by atoms with Gasteiger partial charge in [-0.25, -0.2) is 9.97 Å². The molecule has 4 aromatic rings. The van der Waals surface area contributed by atoms with E-state index >= 15 is 0 Å². The first kappa shape index (κ1) is 17.4. The molecule has 1 aliphatic rings. The molecule has 0 atom stereocenters. The van der Waals surface area contributed by atoms with Crippen LogP contribution in [0.25, 0.3) is 22.2 Å². The molecule has 6 heteroatoms. The number of aromatic nitrogens is 2. The van der Waals surface area contributed by atoms with Gasteiger partial charge in [0.2, 0.25) is 0 Å². The molecule has 144 valence electrons. The van der Waals surface area contributed by atoms with Crippen LogP contribution in [0.1, 0.15) is 23.2 Å². The highest BCUT2D eigenvalue weighted by molar-refractivity contribution is 6.09. The maximum atomic E-state index is 13.2. The minimum absolute atomic E-state index is 0.167. The predicted molar refractivity (Wildman–Crippen MR) is 113 cm³/mol. The van der Waals surface area contributed by atoms with E-state index in [2.05, 4.69) is 15.2 Å². The van der Waals surface area contributed by atoms with Crippen LogP contribution in [0.4, 0.5) is 11.5 Å². The smallest absolute Gasteiger partial charge is 0.259 e. The number of nitrogens with one attached hydrogen (secondary N) is 1. The lowest BCUT2D eigenvalue weighted by Crippen LogP contribution is -2.24. The van der Waals surface area contributed by atoms with Gasteiger partial charge in [-0.15, -0.1) is 0 Å². The summed E-state index contributed by atoms with van der Waals surface area (Å²) < 4.78 is 5.36. The van der Waals surface area contributed by atoms with Gasteiger partial charge in [0, 0.05) is 29.7 Å². The number of anilines is 2. The van der Waals surface area contributed by atoms with Gasteiger partial charge in [-0.3, -0.25) is 4.79 Å². The second-order valence-corrected chi connectivity index (χ2v) is 7.15. The van der Waals surface area contributed by atoms with E-state index in [-0.39, 0.29) is 5.91 Å². The number of fused-ring (bicyclic) bond motifs is 1. The first-order chi connectivity index (χ1) is 14.3. The third-order valence-corrected chi connectivity index (χ3v) is 5.19. The Bertz CT molecular complexity index is 1160. The summed E-state index contributed by atoms with van der Waals surface area (Å²) in [7, 11) is 0. The Morgan fingerprint density at radius 2 is 1.90 bits per heavy atom. The maximum absolute atomic E-state index is 13.2. The second-order valence-electron chi connectivity index (χ2n) is 7.15. The number of pyridine rings is 1. The quantitative estimate of drug-likeness (QED) is 0.550. The van der Waals surface area contributed by atoms with Crippen molar-refractivity contribution in [2.45, 2.75) is 12.8 Å². The van der Waals surface area contributed by atoms with Crippen LogP contribution in [0.5, 0.6) is 0 Å². The van der Waals surface area contributed by atoms with Crippen molar-refractivity contribution in [2.75, 3.05) is 23.3 Å². The Hall–Kier alpha value is -3.67. The Morgan fingerprint density at radius 1 is 1.03 bits per heavy atom. The highest BCUT2D eigenvalue weighted by atomic mass is 16.3. The van der Waals surface area contributed by atoms with Gasteiger partial charge in [-0.2, -0.15) is 0 Å². The van der Waals surface area contributed by atoms with Crippen molar-refractivity contribution in [3.8, 4) is 11.3 Å². The van der Waals surface area contributed by atoms with Crippen LogP contribution in [0.2, 0.25) is 0 Å². The average molecular weight is 384 g/mol. The zero-order valence-electron chi connectivity index (χ0n) is 15.8. The molecule has 5 rings (SSSR count). The topological polar surface area (TPSA) is 71.3 Å². The lowest BCUT2D eigenvalue weighted by atomic mass is 10.1. The molecule has 6 nitrogen and oxygen atoms in total. The summed E-state index contributed by atoms with van der Waals surface area (Å²) in [6, 6.07) is 17.4. The summed E-state index contributed by atoms with van der Waals surface area (Å²) in [6.07, 6.45) is 5.28. The van der Waals surface area contributed by atoms with Crippen molar-refractivity contribution in [3.63, 3.8) is 0 Å². The number of hydrogen-bond donors (Lipinski definition) is 1. The summed E-state index contributed by atoms with van der Waals surface area (Å²) in [5.74, 6) is 1.25. The first-order valence-corrected chi connectivity index (χ1v) is 9.73. The second kappa shape index (κ2) is 7.39. The van der Waals surface area contributed by atoms with E-state index in [1.54, 1.807) is 6.20 Å². The van der Waals surface area contributed by atoms with Crippen LogP contribution in [0.3, 0.4) is 0 Å². The summed E-state index contributed by atoms with van der Waals surface area (Å²) >= 11 is 0. The molecule has 0 saturated carbocycles. The molecule has 0 spiro atoms. The molecule has 1 saturated heterocycles. The molecule has 0 radical (unpaired) electrons. The zero-order valence-corrected chi connectivity index (χ0v) is 15.8. The Balaban J connectivity index is 1.50. The number of benzene rings is 2. The number of oxazole rings is 1. The van der Waals surface area contributed by atoms with E-state index in [1.165, 1.54) is 6.39 Å². The predicted octanol–water partition coefficient (Wildman–Crippen LogP) is 4.74. The zero-order chi connectivity index (χ0) is 19.6. The minimum Gasteiger partial charge on any atom is -0.444 e. The molecule has 1 aliphatic heterocycles. The molecule has 3 heterocycles. The minimum atomic E-state index is -0.167. The van der Waals surface area contributed by atoms with E-state index in [0.717, 1.165) is 48.2 Å². The van der Waals surface area contributed by atoms with Crippen LogP contribution >= 0.6 is 0 Å². The fraction of sp³-hybridized carbons (Fsp3) is 0.174. The Kier molecular flexibility index (Phi) is 4.44. The summed E-state index contributed by atoms with van der Waals surface area (Å²) in [6.45, 7) is 1.85. The molecule has 0 aliphatic carbocycles. The van der Waals surface area contributed by atoms with Crippen molar-refractivity contribution >= 4 is 28.3 Å². The van der Waals surface area contributed by atoms with Gasteiger partial charge in [0.05, 0.1) is 17.3 Å². The number of rotatable bonds is 4. The number of para-hydroxylation sites is 1. The molecule has 2 aromatic carbocycles. The summed E-state index contributed by atoms with van der Waals surface area (Å²) in [5, 5.41) is 3.98. The van der Waals surface area contributed by atoms with E-state index in [9.17, 15) is 4.79 Å². The molecule has 1 amide bonds. The van der Waals surface area contributed by atoms with Crippen molar-refractivity contribution < 1.29 is 9.21 Å². The van der Waals surface area contributed by atoms with Gasteiger partial charge in [0.15, 0.2) is 12.2 Å².